The molecule has 1 fully saturated rings. The largest absolute Gasteiger partial charge is 0.352 e. The number of hydrogen-bond donors (Lipinski definition) is 0. The predicted molar refractivity (Wildman–Crippen MR) is 108 cm³/mol. The van der Waals surface area contributed by atoms with Crippen LogP contribution in [-0.4, -0.2) is 52.2 Å². The van der Waals surface area contributed by atoms with E-state index < -0.39 is 0 Å². The summed E-state index contributed by atoms with van der Waals surface area (Å²) in [7, 11) is 0. The molecule has 136 valence electrons. The van der Waals surface area contributed by atoms with Gasteiger partial charge in [-0.25, -0.2) is 0 Å². The third-order valence-electron chi connectivity index (χ3n) is 4.59. The van der Waals surface area contributed by atoms with E-state index in [4.69, 9.17) is 0 Å². The van der Waals surface area contributed by atoms with Crippen molar-refractivity contribution in [1.82, 2.24) is 20.1 Å². The molecule has 0 bridgehead atoms. The minimum Gasteiger partial charge on any atom is -0.352 e. The van der Waals surface area contributed by atoms with Gasteiger partial charge in [0.25, 0.3) is 5.91 Å². The van der Waals surface area contributed by atoms with Gasteiger partial charge >= 0.3 is 0 Å². The summed E-state index contributed by atoms with van der Waals surface area (Å²) in [5.41, 5.74) is 2.53. The van der Waals surface area contributed by atoms with Gasteiger partial charge in [0.15, 0.2) is 5.82 Å². The van der Waals surface area contributed by atoms with Crippen LogP contribution in [0, 0.1) is 0 Å². The summed E-state index contributed by atoms with van der Waals surface area (Å²) in [6.45, 7) is 2.81. The highest BCUT2D eigenvalue weighted by molar-refractivity contribution is 9.10. The van der Waals surface area contributed by atoms with Crippen molar-refractivity contribution in [2.75, 3.05) is 31.1 Å². The summed E-state index contributed by atoms with van der Waals surface area (Å²) in [6, 6.07) is 15.3. The molecule has 0 atom stereocenters. The van der Waals surface area contributed by atoms with Gasteiger partial charge in [0.2, 0.25) is 0 Å². The fourth-order valence-corrected chi connectivity index (χ4v) is 3.51. The van der Waals surface area contributed by atoms with Gasteiger partial charge in [-0.1, -0.05) is 22.0 Å². The van der Waals surface area contributed by atoms with Gasteiger partial charge in [-0.15, -0.1) is 10.2 Å². The molecule has 0 unspecified atom stereocenters. The van der Waals surface area contributed by atoms with E-state index in [1.54, 1.807) is 12.4 Å². The van der Waals surface area contributed by atoms with Gasteiger partial charge in [-0.3, -0.25) is 9.78 Å². The number of amides is 1. The summed E-state index contributed by atoms with van der Waals surface area (Å²) >= 11 is 3.42. The van der Waals surface area contributed by atoms with Crippen LogP contribution in [0.3, 0.4) is 0 Å². The number of nitrogens with zero attached hydrogens (tertiary/aromatic N) is 5. The number of pyridine rings is 1. The molecule has 0 spiro atoms. The van der Waals surface area contributed by atoms with Crippen molar-refractivity contribution in [1.29, 1.82) is 0 Å². The van der Waals surface area contributed by atoms with Crippen molar-refractivity contribution in [3.8, 4) is 11.3 Å². The zero-order valence-electron chi connectivity index (χ0n) is 14.6. The standard InChI is InChI=1S/C20H18BrN5O/c21-17-3-1-2-16(14-17)20(27)26-12-10-25(11-13-26)19-5-4-18(23-24-19)15-6-8-22-9-7-15/h1-9,14H,10-13H2. The molecule has 0 N–H and O–H groups in total. The molecule has 3 aromatic rings. The number of hydrogen-bond acceptors (Lipinski definition) is 5. The van der Waals surface area contributed by atoms with Crippen molar-refractivity contribution in [2.45, 2.75) is 0 Å². The second kappa shape index (κ2) is 7.84. The molecule has 2 aromatic heterocycles. The SMILES string of the molecule is O=C(c1cccc(Br)c1)N1CCN(c2ccc(-c3ccncc3)nn2)CC1. The average Bonchev–Trinajstić information content (AvgIpc) is 2.74. The maximum Gasteiger partial charge on any atom is 0.254 e. The number of carbonyl (C=O) groups excluding carboxylic acids is 1. The number of benzene rings is 1. The Morgan fingerprint density at radius 1 is 0.926 bits per heavy atom. The lowest BCUT2D eigenvalue weighted by Gasteiger charge is -2.35. The van der Waals surface area contributed by atoms with Gasteiger partial charge in [-0.05, 0) is 42.5 Å². The first-order chi connectivity index (χ1) is 13.2. The fraction of sp³-hybridized carbons (Fsp3) is 0.200. The number of anilines is 1. The molecule has 27 heavy (non-hydrogen) atoms. The maximum atomic E-state index is 12.7. The molecular weight excluding hydrogens is 406 g/mol. The van der Waals surface area contributed by atoms with Gasteiger partial charge in [-0.2, -0.15) is 0 Å². The third kappa shape index (κ3) is 3.98. The molecule has 0 radical (unpaired) electrons. The van der Waals surface area contributed by atoms with Crippen molar-refractivity contribution in [3.63, 3.8) is 0 Å². The first kappa shape index (κ1) is 17.6. The summed E-state index contributed by atoms with van der Waals surface area (Å²) in [6.07, 6.45) is 3.48. The van der Waals surface area contributed by atoms with E-state index in [1.165, 1.54) is 0 Å². The zero-order chi connectivity index (χ0) is 18.6. The van der Waals surface area contributed by atoms with Crippen LogP contribution in [0.5, 0.6) is 0 Å². The molecule has 4 rings (SSSR count). The zero-order valence-corrected chi connectivity index (χ0v) is 16.2. The quantitative estimate of drug-likeness (QED) is 0.646. The Bertz CT molecular complexity index is 925. The molecule has 6 nitrogen and oxygen atoms in total. The van der Waals surface area contributed by atoms with E-state index in [9.17, 15) is 4.79 Å². The summed E-state index contributed by atoms with van der Waals surface area (Å²) in [4.78, 5) is 20.7. The summed E-state index contributed by atoms with van der Waals surface area (Å²) in [5.74, 6) is 0.900. The van der Waals surface area contributed by atoms with Crippen LogP contribution in [-0.2, 0) is 0 Å². The first-order valence-electron chi connectivity index (χ1n) is 8.74. The van der Waals surface area contributed by atoms with E-state index in [0.717, 1.165) is 34.6 Å². The first-order valence-corrected chi connectivity index (χ1v) is 9.54. The Hall–Kier alpha value is -2.80. The summed E-state index contributed by atoms with van der Waals surface area (Å²) < 4.78 is 0.913. The van der Waals surface area contributed by atoms with E-state index in [2.05, 4.69) is 36.0 Å². The Kier molecular flexibility index (Phi) is 5.11. The maximum absolute atomic E-state index is 12.7. The fourth-order valence-electron chi connectivity index (χ4n) is 3.11. The minimum absolute atomic E-state index is 0.0649. The van der Waals surface area contributed by atoms with Gasteiger partial charge in [0.05, 0.1) is 5.69 Å². The molecule has 0 saturated carbocycles. The highest BCUT2D eigenvalue weighted by atomic mass is 79.9. The third-order valence-corrected chi connectivity index (χ3v) is 5.08. The molecule has 1 aliphatic heterocycles. The molecule has 1 amide bonds. The van der Waals surface area contributed by atoms with Crippen molar-refractivity contribution in [3.05, 3.63) is 71.0 Å². The Morgan fingerprint density at radius 3 is 2.37 bits per heavy atom. The van der Waals surface area contributed by atoms with E-state index in [-0.39, 0.29) is 5.91 Å². The lowest BCUT2D eigenvalue weighted by Crippen LogP contribution is -2.49. The van der Waals surface area contributed by atoms with Gasteiger partial charge in [0.1, 0.15) is 0 Å². The van der Waals surface area contributed by atoms with Crippen LogP contribution in [0.2, 0.25) is 0 Å². The molecule has 0 aliphatic carbocycles. The minimum atomic E-state index is 0.0649. The molecule has 3 heterocycles. The summed E-state index contributed by atoms with van der Waals surface area (Å²) in [5, 5.41) is 8.69. The van der Waals surface area contributed by atoms with Crippen LogP contribution in [0.15, 0.2) is 65.4 Å². The molecule has 1 saturated heterocycles. The van der Waals surface area contributed by atoms with Crippen molar-refractivity contribution in [2.24, 2.45) is 0 Å². The molecule has 7 heteroatoms. The normalized spacial score (nSPS) is 14.3. The second-order valence-electron chi connectivity index (χ2n) is 6.30. The van der Waals surface area contributed by atoms with Crippen LogP contribution in [0.1, 0.15) is 10.4 Å². The van der Waals surface area contributed by atoms with Crippen LogP contribution in [0.4, 0.5) is 5.82 Å². The lowest BCUT2D eigenvalue weighted by molar-refractivity contribution is 0.0746. The predicted octanol–water partition coefficient (Wildman–Crippen LogP) is 3.26. The van der Waals surface area contributed by atoms with Crippen molar-refractivity contribution >= 4 is 27.7 Å². The average molecular weight is 424 g/mol. The Balaban J connectivity index is 1.40. The monoisotopic (exact) mass is 423 g/mol. The van der Waals surface area contributed by atoms with Crippen LogP contribution < -0.4 is 4.90 Å². The molecule has 1 aliphatic rings. The lowest BCUT2D eigenvalue weighted by atomic mass is 10.2. The highest BCUT2D eigenvalue weighted by Gasteiger charge is 2.23. The Morgan fingerprint density at radius 2 is 1.70 bits per heavy atom. The second-order valence-corrected chi connectivity index (χ2v) is 7.22. The van der Waals surface area contributed by atoms with Crippen molar-refractivity contribution < 1.29 is 4.79 Å². The topological polar surface area (TPSA) is 62.2 Å². The van der Waals surface area contributed by atoms with Gasteiger partial charge < -0.3 is 9.80 Å². The number of halogens is 1. The van der Waals surface area contributed by atoms with E-state index >= 15 is 0 Å². The number of rotatable bonds is 3. The molecule has 1 aromatic carbocycles. The highest BCUT2D eigenvalue weighted by Crippen LogP contribution is 2.20. The van der Waals surface area contributed by atoms with Gasteiger partial charge in [0, 0.05) is 54.2 Å². The van der Waals surface area contributed by atoms with E-state index in [1.807, 2.05) is 53.4 Å². The number of aromatic nitrogens is 3. The smallest absolute Gasteiger partial charge is 0.254 e. The Labute approximate surface area is 166 Å². The van der Waals surface area contributed by atoms with E-state index in [0.29, 0.717) is 18.7 Å². The van der Waals surface area contributed by atoms with Crippen LogP contribution >= 0.6 is 15.9 Å². The molecular formula is C20H18BrN5O. The number of carbonyl (C=O) groups is 1. The number of piperazine rings is 1. The van der Waals surface area contributed by atoms with Crippen LogP contribution in [0.25, 0.3) is 11.3 Å².